The van der Waals surface area contributed by atoms with Crippen molar-refractivity contribution in [2.24, 2.45) is 0 Å². The van der Waals surface area contributed by atoms with Crippen LogP contribution in [0.25, 0.3) is 0 Å². The molecule has 2 rings (SSSR count). The zero-order valence-electron chi connectivity index (χ0n) is 15.4. The van der Waals surface area contributed by atoms with E-state index in [-0.39, 0.29) is 11.8 Å². The van der Waals surface area contributed by atoms with E-state index in [9.17, 15) is 9.59 Å². The number of benzene rings is 2. The van der Waals surface area contributed by atoms with Gasteiger partial charge in [-0.1, -0.05) is 42.5 Å². The van der Waals surface area contributed by atoms with Crippen LogP contribution in [0.5, 0.6) is 5.75 Å². The van der Waals surface area contributed by atoms with E-state index < -0.39 is 0 Å². The Labute approximate surface area is 155 Å². The van der Waals surface area contributed by atoms with Crippen molar-refractivity contribution in [1.82, 2.24) is 10.2 Å². The maximum Gasteiger partial charge on any atom is 0.222 e. The van der Waals surface area contributed by atoms with Crippen LogP contribution in [0.4, 0.5) is 0 Å². The number of ether oxygens (including phenoxy) is 1. The van der Waals surface area contributed by atoms with E-state index in [1.165, 1.54) is 5.56 Å². The first-order valence-electron chi connectivity index (χ1n) is 8.77. The van der Waals surface area contributed by atoms with Gasteiger partial charge < -0.3 is 15.0 Å². The highest BCUT2D eigenvalue weighted by atomic mass is 16.5. The Kier molecular flexibility index (Phi) is 7.68. The second-order valence-electron chi connectivity index (χ2n) is 6.12. The fraction of sp³-hybridized carbons (Fsp3) is 0.333. The Morgan fingerprint density at radius 1 is 0.962 bits per heavy atom. The molecule has 0 saturated heterocycles. The van der Waals surface area contributed by atoms with E-state index in [2.05, 4.69) is 5.32 Å². The predicted molar refractivity (Wildman–Crippen MR) is 102 cm³/mol. The third kappa shape index (κ3) is 6.59. The molecule has 5 heteroatoms. The highest BCUT2D eigenvalue weighted by molar-refractivity contribution is 5.78. The van der Waals surface area contributed by atoms with E-state index in [1.807, 2.05) is 54.6 Å². The Hall–Kier alpha value is -2.82. The minimum Gasteiger partial charge on any atom is -0.497 e. The van der Waals surface area contributed by atoms with Crippen molar-refractivity contribution in [2.75, 3.05) is 20.2 Å². The predicted octanol–water partition coefficient (Wildman–Crippen LogP) is 2.79. The number of hydrogen-bond acceptors (Lipinski definition) is 3. The lowest BCUT2D eigenvalue weighted by molar-refractivity contribution is -0.129. The van der Waals surface area contributed by atoms with E-state index in [4.69, 9.17) is 4.74 Å². The zero-order chi connectivity index (χ0) is 18.8. The van der Waals surface area contributed by atoms with Crippen molar-refractivity contribution >= 4 is 11.8 Å². The van der Waals surface area contributed by atoms with Crippen LogP contribution in [0.2, 0.25) is 0 Å². The Bertz CT molecular complexity index is 699. The van der Waals surface area contributed by atoms with Crippen molar-refractivity contribution < 1.29 is 14.3 Å². The number of nitrogens with zero attached hydrogens (tertiary/aromatic N) is 1. The Morgan fingerprint density at radius 3 is 2.27 bits per heavy atom. The number of hydrogen-bond donors (Lipinski definition) is 1. The molecule has 0 atom stereocenters. The maximum atomic E-state index is 12.1. The van der Waals surface area contributed by atoms with Gasteiger partial charge in [0.2, 0.25) is 11.8 Å². The van der Waals surface area contributed by atoms with E-state index >= 15 is 0 Å². The molecule has 0 radical (unpaired) electrons. The molecular weight excluding hydrogens is 328 g/mol. The normalized spacial score (nSPS) is 10.2. The van der Waals surface area contributed by atoms with Crippen molar-refractivity contribution in [1.29, 1.82) is 0 Å². The zero-order valence-corrected chi connectivity index (χ0v) is 15.4. The molecule has 26 heavy (non-hydrogen) atoms. The molecule has 0 aliphatic carbocycles. The van der Waals surface area contributed by atoms with Gasteiger partial charge in [0.05, 0.1) is 7.11 Å². The summed E-state index contributed by atoms with van der Waals surface area (Å²) < 4.78 is 5.11. The third-order valence-corrected chi connectivity index (χ3v) is 4.22. The molecule has 2 aromatic carbocycles. The van der Waals surface area contributed by atoms with Crippen LogP contribution in [-0.4, -0.2) is 36.9 Å². The molecule has 0 aliphatic rings. The lowest BCUT2D eigenvalue weighted by Crippen LogP contribution is -2.35. The molecule has 0 aliphatic heterocycles. The summed E-state index contributed by atoms with van der Waals surface area (Å²) in [5, 5.41) is 2.89. The second-order valence-corrected chi connectivity index (χ2v) is 6.12. The van der Waals surface area contributed by atoms with Gasteiger partial charge in [0.1, 0.15) is 5.75 Å². The summed E-state index contributed by atoms with van der Waals surface area (Å²) in [6.45, 7) is 3.05. The minimum atomic E-state index is -0.0632. The summed E-state index contributed by atoms with van der Waals surface area (Å²) in [6, 6.07) is 17.6. The van der Waals surface area contributed by atoms with Gasteiger partial charge in [-0.3, -0.25) is 9.59 Å². The van der Waals surface area contributed by atoms with Crippen LogP contribution in [0.15, 0.2) is 54.6 Å². The molecule has 2 aromatic rings. The number of methoxy groups -OCH3 is 1. The number of amides is 2. The van der Waals surface area contributed by atoms with Crippen LogP contribution >= 0.6 is 0 Å². The molecule has 2 amide bonds. The smallest absolute Gasteiger partial charge is 0.222 e. The Balaban J connectivity index is 1.74. The molecule has 1 N–H and O–H groups in total. The maximum absolute atomic E-state index is 12.1. The van der Waals surface area contributed by atoms with Crippen molar-refractivity contribution in [3.8, 4) is 5.75 Å². The quantitative estimate of drug-likeness (QED) is 0.753. The number of rotatable bonds is 9. The second kappa shape index (κ2) is 10.2. The van der Waals surface area contributed by atoms with Gasteiger partial charge in [-0.2, -0.15) is 0 Å². The summed E-state index contributed by atoms with van der Waals surface area (Å²) in [5.74, 6) is 0.714. The summed E-state index contributed by atoms with van der Waals surface area (Å²) in [5.41, 5.74) is 2.19. The van der Waals surface area contributed by atoms with Gasteiger partial charge in [-0.05, 0) is 29.7 Å². The number of carbonyl (C=O) groups is 2. The van der Waals surface area contributed by atoms with Crippen LogP contribution in [-0.2, 0) is 22.6 Å². The molecule has 0 saturated carbocycles. The third-order valence-electron chi connectivity index (χ3n) is 4.22. The summed E-state index contributed by atoms with van der Waals surface area (Å²) in [4.78, 5) is 25.6. The first-order chi connectivity index (χ1) is 12.6. The van der Waals surface area contributed by atoms with E-state index in [0.717, 1.165) is 17.7 Å². The summed E-state index contributed by atoms with van der Waals surface area (Å²) in [6.07, 6.45) is 1.08. The number of nitrogens with one attached hydrogen (secondary N) is 1. The van der Waals surface area contributed by atoms with Crippen molar-refractivity contribution in [3.05, 3.63) is 65.7 Å². The lowest BCUT2D eigenvalue weighted by Gasteiger charge is -2.21. The molecule has 0 heterocycles. The molecular formula is C21H26N2O3. The van der Waals surface area contributed by atoms with E-state index in [0.29, 0.717) is 26.1 Å². The summed E-state index contributed by atoms with van der Waals surface area (Å²) in [7, 11) is 1.62. The van der Waals surface area contributed by atoms with E-state index in [1.54, 1.807) is 18.9 Å². The SMILES string of the molecule is COc1ccc(CNC(=O)CCN(CCc2ccccc2)C(C)=O)cc1. The highest BCUT2D eigenvalue weighted by Crippen LogP contribution is 2.11. The fourth-order valence-electron chi connectivity index (χ4n) is 2.60. The highest BCUT2D eigenvalue weighted by Gasteiger charge is 2.11. The van der Waals surface area contributed by atoms with Crippen molar-refractivity contribution in [2.45, 2.75) is 26.3 Å². The molecule has 0 spiro atoms. The van der Waals surface area contributed by atoms with Crippen LogP contribution < -0.4 is 10.1 Å². The lowest BCUT2D eigenvalue weighted by atomic mass is 10.1. The summed E-state index contributed by atoms with van der Waals surface area (Å²) >= 11 is 0. The van der Waals surface area contributed by atoms with Crippen LogP contribution in [0.1, 0.15) is 24.5 Å². The number of carbonyl (C=O) groups excluding carboxylic acids is 2. The minimum absolute atomic E-state index is 0.0103. The topological polar surface area (TPSA) is 58.6 Å². The first kappa shape index (κ1) is 19.5. The average molecular weight is 354 g/mol. The largest absolute Gasteiger partial charge is 0.497 e. The molecule has 0 fully saturated rings. The van der Waals surface area contributed by atoms with Crippen molar-refractivity contribution in [3.63, 3.8) is 0 Å². The first-order valence-corrected chi connectivity index (χ1v) is 8.77. The molecule has 0 aromatic heterocycles. The molecule has 0 unspecified atom stereocenters. The van der Waals surface area contributed by atoms with Gasteiger partial charge in [-0.25, -0.2) is 0 Å². The van der Waals surface area contributed by atoms with Gasteiger partial charge in [0, 0.05) is 33.0 Å². The fourth-order valence-corrected chi connectivity index (χ4v) is 2.60. The van der Waals surface area contributed by atoms with Crippen LogP contribution in [0, 0.1) is 0 Å². The van der Waals surface area contributed by atoms with Gasteiger partial charge in [0.15, 0.2) is 0 Å². The molecule has 5 nitrogen and oxygen atoms in total. The molecule has 0 bridgehead atoms. The average Bonchev–Trinajstić information content (AvgIpc) is 2.67. The van der Waals surface area contributed by atoms with Gasteiger partial charge >= 0.3 is 0 Å². The Morgan fingerprint density at radius 2 is 1.65 bits per heavy atom. The monoisotopic (exact) mass is 354 g/mol. The standard InChI is InChI=1S/C21H26N2O3/c1-17(24)23(14-12-18-6-4-3-5-7-18)15-13-21(25)22-16-19-8-10-20(26-2)11-9-19/h3-11H,12-16H2,1-2H3,(H,22,25). The van der Waals surface area contributed by atoms with Crippen LogP contribution in [0.3, 0.4) is 0 Å². The molecule has 138 valence electrons. The van der Waals surface area contributed by atoms with Gasteiger partial charge in [-0.15, -0.1) is 0 Å². The van der Waals surface area contributed by atoms with Gasteiger partial charge in [0.25, 0.3) is 0 Å².